The smallest absolute Gasteiger partial charge is 0.150 e. The average Bonchev–Trinajstić information content (AvgIpc) is 2.47. The molecule has 0 heterocycles. The molecule has 19 heavy (non-hydrogen) atoms. The van der Waals surface area contributed by atoms with Crippen molar-refractivity contribution in [1.29, 1.82) is 0 Å². The van der Waals surface area contributed by atoms with Crippen molar-refractivity contribution >= 4 is 28.9 Å². The van der Waals surface area contributed by atoms with Gasteiger partial charge in [0, 0.05) is 10.6 Å². The van der Waals surface area contributed by atoms with E-state index in [1.165, 1.54) is 5.54 Å². The number of hydrogen-bond donors (Lipinski definition) is 1. The van der Waals surface area contributed by atoms with Crippen LogP contribution in [0.2, 0.25) is 0 Å². The van der Waals surface area contributed by atoms with Gasteiger partial charge in [0.15, 0.2) is 5.75 Å². The molecule has 2 rings (SSSR count). The van der Waals surface area contributed by atoms with Gasteiger partial charge in [-0.1, -0.05) is 53.5 Å². The maximum atomic E-state index is 5.85. The van der Waals surface area contributed by atoms with Gasteiger partial charge in [-0.25, -0.2) is 0 Å². The molecule has 0 aliphatic carbocycles. The zero-order valence-electron chi connectivity index (χ0n) is 10.1. The summed E-state index contributed by atoms with van der Waals surface area (Å²) in [6, 6.07) is 17.3. The minimum Gasteiger partial charge on any atom is -0.455 e. The van der Waals surface area contributed by atoms with Crippen LogP contribution < -0.4 is 10.1 Å². The second-order valence-electron chi connectivity index (χ2n) is 3.82. The monoisotopic (exact) mass is 293 g/mol. The highest BCUT2D eigenvalue weighted by molar-refractivity contribution is 6.36. The van der Waals surface area contributed by atoms with Gasteiger partial charge in [0.1, 0.15) is 5.75 Å². The molecule has 0 aliphatic heterocycles. The van der Waals surface area contributed by atoms with Crippen LogP contribution in [0.1, 0.15) is 0 Å². The number of para-hydroxylation sites is 3. The normalized spacial score (nSPS) is 11.2. The molecule has 1 N–H and O–H groups in total. The lowest BCUT2D eigenvalue weighted by atomic mass is 10.3. The third-order valence-corrected chi connectivity index (χ3v) is 3.04. The summed E-state index contributed by atoms with van der Waals surface area (Å²) in [6.45, 7) is 0.459. The summed E-state index contributed by atoms with van der Waals surface area (Å²) in [4.78, 5) is 0. The minimum absolute atomic E-state index is 0.459. The van der Waals surface area contributed by atoms with E-state index in [0.717, 1.165) is 17.2 Å². The van der Waals surface area contributed by atoms with Gasteiger partial charge in [-0.05, 0) is 24.3 Å². The first-order chi connectivity index (χ1) is 9.29. The first kappa shape index (κ1) is 13.8. The van der Waals surface area contributed by atoms with Gasteiger partial charge < -0.3 is 10.1 Å². The van der Waals surface area contributed by atoms with Crippen molar-refractivity contribution in [2.24, 2.45) is 0 Å². The quantitative estimate of drug-likeness (QED) is 0.817. The van der Waals surface area contributed by atoms with Gasteiger partial charge in [-0.15, -0.1) is 0 Å². The zero-order chi connectivity index (χ0) is 13.5. The molecule has 2 aromatic carbocycles. The second kappa shape index (κ2) is 7.07. The number of nitrogens with one attached hydrogen (secondary N) is 1. The Hall–Kier alpha value is -1.64. The summed E-state index contributed by atoms with van der Waals surface area (Å²) >= 11 is 11.4. The molecule has 0 unspecified atom stereocenters. The Labute approximate surface area is 122 Å². The number of benzene rings is 2. The Morgan fingerprint density at radius 1 is 1.05 bits per heavy atom. The lowest BCUT2D eigenvalue weighted by molar-refractivity contribution is 0.484. The standard InChI is InChI=1S/C15H13Cl2NO/c16-10-12(17)11-18-14-8-4-5-9-15(14)19-13-6-2-1-3-7-13/h1-10,18H,11H2. The average molecular weight is 294 g/mol. The van der Waals surface area contributed by atoms with Gasteiger partial charge in [-0.3, -0.25) is 0 Å². The summed E-state index contributed by atoms with van der Waals surface area (Å²) in [7, 11) is 0. The van der Waals surface area contributed by atoms with Crippen LogP contribution in [-0.2, 0) is 0 Å². The van der Waals surface area contributed by atoms with Crippen LogP contribution in [0.3, 0.4) is 0 Å². The SMILES string of the molecule is ClC=C(Cl)CNc1ccccc1Oc1ccccc1. The minimum atomic E-state index is 0.459. The van der Waals surface area contributed by atoms with Crippen molar-refractivity contribution < 1.29 is 4.74 Å². The van der Waals surface area contributed by atoms with Crippen molar-refractivity contribution in [1.82, 2.24) is 0 Å². The Balaban J connectivity index is 2.12. The third kappa shape index (κ3) is 4.19. The van der Waals surface area contributed by atoms with Gasteiger partial charge in [0.25, 0.3) is 0 Å². The maximum Gasteiger partial charge on any atom is 0.150 e. The highest BCUT2D eigenvalue weighted by Gasteiger charge is 2.04. The van der Waals surface area contributed by atoms with E-state index in [1.54, 1.807) is 0 Å². The molecular weight excluding hydrogens is 281 g/mol. The van der Waals surface area contributed by atoms with Crippen molar-refractivity contribution in [3.05, 3.63) is 65.2 Å². The molecular formula is C15H13Cl2NO. The lowest BCUT2D eigenvalue weighted by Crippen LogP contribution is -2.02. The van der Waals surface area contributed by atoms with Crippen LogP contribution in [0.5, 0.6) is 11.5 Å². The summed E-state index contributed by atoms with van der Waals surface area (Å²) in [5.41, 5.74) is 2.21. The van der Waals surface area contributed by atoms with Crippen molar-refractivity contribution in [3.63, 3.8) is 0 Å². The number of ether oxygens (including phenoxy) is 1. The fourth-order valence-corrected chi connectivity index (χ4v) is 1.68. The van der Waals surface area contributed by atoms with E-state index in [1.807, 2.05) is 54.6 Å². The number of halogens is 2. The van der Waals surface area contributed by atoms with Crippen LogP contribution in [0, 0.1) is 0 Å². The van der Waals surface area contributed by atoms with Crippen LogP contribution in [-0.4, -0.2) is 6.54 Å². The van der Waals surface area contributed by atoms with Crippen LogP contribution in [0.15, 0.2) is 65.2 Å². The molecule has 0 amide bonds. The maximum absolute atomic E-state index is 5.85. The first-order valence-electron chi connectivity index (χ1n) is 5.80. The Morgan fingerprint density at radius 3 is 2.47 bits per heavy atom. The Kier molecular flexibility index (Phi) is 5.13. The highest BCUT2D eigenvalue weighted by Crippen LogP contribution is 2.29. The van der Waals surface area contributed by atoms with Crippen LogP contribution in [0.25, 0.3) is 0 Å². The fraction of sp³-hybridized carbons (Fsp3) is 0.0667. The topological polar surface area (TPSA) is 21.3 Å². The van der Waals surface area contributed by atoms with Crippen molar-refractivity contribution in [3.8, 4) is 11.5 Å². The highest BCUT2D eigenvalue weighted by atomic mass is 35.5. The van der Waals surface area contributed by atoms with Crippen molar-refractivity contribution in [2.45, 2.75) is 0 Å². The number of hydrogen-bond acceptors (Lipinski definition) is 2. The molecule has 0 saturated heterocycles. The zero-order valence-corrected chi connectivity index (χ0v) is 11.7. The molecule has 98 valence electrons. The third-order valence-electron chi connectivity index (χ3n) is 2.42. The summed E-state index contributed by atoms with van der Waals surface area (Å²) in [6.07, 6.45) is 0. The predicted octanol–water partition coefficient (Wildman–Crippen LogP) is 5.21. The molecule has 0 saturated carbocycles. The molecule has 4 heteroatoms. The first-order valence-corrected chi connectivity index (χ1v) is 6.61. The fourth-order valence-electron chi connectivity index (χ4n) is 1.54. The Morgan fingerprint density at radius 2 is 1.74 bits per heavy atom. The van der Waals surface area contributed by atoms with E-state index in [9.17, 15) is 0 Å². The number of anilines is 1. The van der Waals surface area contributed by atoms with Crippen LogP contribution in [0.4, 0.5) is 5.69 Å². The summed E-state index contributed by atoms with van der Waals surface area (Å²) < 4.78 is 5.82. The van der Waals surface area contributed by atoms with E-state index in [2.05, 4.69) is 5.32 Å². The van der Waals surface area contributed by atoms with E-state index in [4.69, 9.17) is 27.9 Å². The van der Waals surface area contributed by atoms with Gasteiger partial charge in [-0.2, -0.15) is 0 Å². The molecule has 0 bridgehead atoms. The van der Waals surface area contributed by atoms with Crippen molar-refractivity contribution in [2.75, 3.05) is 11.9 Å². The summed E-state index contributed by atoms with van der Waals surface area (Å²) in [5.74, 6) is 1.53. The molecule has 0 radical (unpaired) electrons. The van der Waals surface area contributed by atoms with Gasteiger partial charge in [0.05, 0.1) is 12.2 Å². The van der Waals surface area contributed by atoms with E-state index < -0.39 is 0 Å². The lowest BCUT2D eigenvalue weighted by Gasteiger charge is -2.12. The predicted molar refractivity (Wildman–Crippen MR) is 81.2 cm³/mol. The van der Waals surface area contributed by atoms with E-state index >= 15 is 0 Å². The largest absolute Gasteiger partial charge is 0.455 e. The molecule has 0 spiro atoms. The van der Waals surface area contributed by atoms with Gasteiger partial charge in [0.2, 0.25) is 0 Å². The van der Waals surface area contributed by atoms with Crippen LogP contribution >= 0.6 is 23.2 Å². The molecule has 2 aromatic rings. The molecule has 2 nitrogen and oxygen atoms in total. The molecule has 0 atom stereocenters. The summed E-state index contributed by atoms with van der Waals surface area (Å²) in [5, 5.41) is 3.71. The molecule has 0 aromatic heterocycles. The molecule has 0 fully saturated rings. The molecule has 0 aliphatic rings. The number of rotatable bonds is 5. The second-order valence-corrected chi connectivity index (χ2v) is 4.52. The van der Waals surface area contributed by atoms with E-state index in [-0.39, 0.29) is 0 Å². The Bertz CT molecular complexity index is 555. The van der Waals surface area contributed by atoms with Gasteiger partial charge >= 0.3 is 0 Å². The van der Waals surface area contributed by atoms with E-state index in [0.29, 0.717) is 11.6 Å².